The van der Waals surface area contributed by atoms with Gasteiger partial charge in [0.25, 0.3) is 0 Å². The fraction of sp³-hybridized carbons (Fsp3) is 0.500. The number of rotatable bonds is 4. The molecule has 0 spiro atoms. The van der Waals surface area contributed by atoms with Crippen LogP contribution in [-0.4, -0.2) is 40.0 Å². The standard InChI is InChI=1S/C12H18N2O4S2/c13-19(15,16)10-11-5-4-8-14(9-11)20(17,18)12-6-2-1-3-7-12/h1-3,6-7,11H,4-5,8-10H2,(H2,13,15,16). The summed E-state index contributed by atoms with van der Waals surface area (Å²) in [5.41, 5.74) is 0. The van der Waals surface area contributed by atoms with Gasteiger partial charge in [0.1, 0.15) is 0 Å². The minimum atomic E-state index is -3.58. The Morgan fingerprint density at radius 1 is 1.15 bits per heavy atom. The Labute approximate surface area is 119 Å². The third kappa shape index (κ3) is 3.78. The maximum Gasteiger partial charge on any atom is 0.243 e. The molecule has 1 fully saturated rings. The molecule has 20 heavy (non-hydrogen) atoms. The van der Waals surface area contributed by atoms with E-state index in [0.717, 1.165) is 0 Å². The zero-order valence-electron chi connectivity index (χ0n) is 11.0. The molecule has 0 aliphatic carbocycles. The average Bonchev–Trinajstić information content (AvgIpc) is 2.38. The monoisotopic (exact) mass is 318 g/mol. The largest absolute Gasteiger partial charge is 0.243 e. The van der Waals surface area contributed by atoms with Crippen LogP contribution in [0.3, 0.4) is 0 Å². The van der Waals surface area contributed by atoms with Gasteiger partial charge >= 0.3 is 0 Å². The molecular weight excluding hydrogens is 300 g/mol. The summed E-state index contributed by atoms with van der Waals surface area (Å²) in [5.74, 6) is -0.411. The number of nitrogens with two attached hydrogens (primary N) is 1. The van der Waals surface area contributed by atoms with Crippen molar-refractivity contribution in [1.29, 1.82) is 0 Å². The third-order valence-electron chi connectivity index (χ3n) is 3.33. The lowest BCUT2D eigenvalue weighted by molar-refractivity contribution is 0.282. The molecule has 1 aliphatic rings. The van der Waals surface area contributed by atoms with E-state index in [-0.39, 0.29) is 23.1 Å². The summed E-state index contributed by atoms with van der Waals surface area (Å²) >= 11 is 0. The predicted octanol–water partition coefficient (Wildman–Crippen LogP) is 0.376. The van der Waals surface area contributed by atoms with E-state index in [1.54, 1.807) is 30.3 Å². The molecule has 1 aromatic rings. The molecule has 0 aromatic heterocycles. The van der Waals surface area contributed by atoms with Gasteiger partial charge in [-0.25, -0.2) is 22.0 Å². The fourth-order valence-electron chi connectivity index (χ4n) is 2.45. The molecule has 1 saturated heterocycles. The van der Waals surface area contributed by atoms with Crippen LogP contribution in [0.25, 0.3) is 0 Å². The Hall–Kier alpha value is -0.960. The predicted molar refractivity (Wildman–Crippen MR) is 75.9 cm³/mol. The molecule has 0 radical (unpaired) electrons. The fourth-order valence-corrected chi connectivity index (χ4v) is 4.96. The molecule has 1 heterocycles. The SMILES string of the molecule is NS(=O)(=O)CC1CCCN(S(=O)(=O)c2ccccc2)C1. The Kier molecular flexibility index (Phi) is 4.48. The summed E-state index contributed by atoms with van der Waals surface area (Å²) in [6.45, 7) is 0.617. The first-order valence-electron chi connectivity index (χ1n) is 6.35. The van der Waals surface area contributed by atoms with Crippen LogP contribution in [0.4, 0.5) is 0 Å². The molecule has 112 valence electrons. The number of nitrogens with zero attached hydrogens (tertiary/aromatic N) is 1. The van der Waals surface area contributed by atoms with Gasteiger partial charge in [0, 0.05) is 13.1 Å². The van der Waals surface area contributed by atoms with Crippen LogP contribution in [-0.2, 0) is 20.0 Å². The van der Waals surface area contributed by atoms with E-state index in [0.29, 0.717) is 19.4 Å². The van der Waals surface area contributed by atoms with Crippen LogP contribution in [0.1, 0.15) is 12.8 Å². The van der Waals surface area contributed by atoms with Crippen molar-refractivity contribution in [3.8, 4) is 0 Å². The van der Waals surface area contributed by atoms with E-state index in [9.17, 15) is 16.8 Å². The molecule has 8 heteroatoms. The summed E-state index contributed by atoms with van der Waals surface area (Å²) in [6, 6.07) is 8.16. The van der Waals surface area contributed by atoms with E-state index in [1.165, 1.54) is 4.31 Å². The van der Waals surface area contributed by atoms with Crippen molar-refractivity contribution in [2.24, 2.45) is 11.1 Å². The van der Waals surface area contributed by atoms with E-state index >= 15 is 0 Å². The quantitative estimate of drug-likeness (QED) is 0.867. The first-order valence-corrected chi connectivity index (χ1v) is 9.50. The Balaban J connectivity index is 2.17. The lowest BCUT2D eigenvalue weighted by atomic mass is 10.0. The van der Waals surface area contributed by atoms with Crippen LogP contribution in [0, 0.1) is 5.92 Å². The van der Waals surface area contributed by atoms with Gasteiger partial charge in [0.2, 0.25) is 20.0 Å². The van der Waals surface area contributed by atoms with E-state index in [1.807, 2.05) is 0 Å². The van der Waals surface area contributed by atoms with Crippen molar-refractivity contribution in [3.63, 3.8) is 0 Å². The van der Waals surface area contributed by atoms with Crippen LogP contribution >= 0.6 is 0 Å². The van der Waals surface area contributed by atoms with E-state index in [2.05, 4.69) is 0 Å². The summed E-state index contributed by atoms with van der Waals surface area (Å²) in [5, 5.41) is 5.04. The Morgan fingerprint density at radius 2 is 1.80 bits per heavy atom. The van der Waals surface area contributed by atoms with Crippen LogP contribution in [0.15, 0.2) is 35.2 Å². The molecule has 1 aliphatic heterocycles. The number of sulfonamides is 2. The van der Waals surface area contributed by atoms with Crippen LogP contribution in [0.5, 0.6) is 0 Å². The molecular formula is C12H18N2O4S2. The maximum atomic E-state index is 12.4. The van der Waals surface area contributed by atoms with Gasteiger partial charge in [0.15, 0.2) is 0 Å². The van der Waals surface area contributed by atoms with Crippen molar-refractivity contribution in [2.45, 2.75) is 17.7 Å². The van der Waals surface area contributed by atoms with Crippen LogP contribution < -0.4 is 5.14 Å². The average molecular weight is 318 g/mol. The van der Waals surface area contributed by atoms with Gasteiger partial charge in [0.05, 0.1) is 10.6 Å². The van der Waals surface area contributed by atoms with Gasteiger partial charge in [-0.2, -0.15) is 4.31 Å². The highest BCUT2D eigenvalue weighted by atomic mass is 32.2. The minimum absolute atomic E-state index is 0.173. The number of benzene rings is 1. The summed E-state index contributed by atoms with van der Waals surface area (Å²) in [7, 11) is -7.13. The molecule has 0 bridgehead atoms. The van der Waals surface area contributed by atoms with Gasteiger partial charge in [-0.1, -0.05) is 18.2 Å². The molecule has 1 unspecified atom stereocenters. The van der Waals surface area contributed by atoms with Crippen molar-refractivity contribution < 1.29 is 16.8 Å². The molecule has 1 atom stereocenters. The van der Waals surface area contributed by atoms with Crippen LogP contribution in [0.2, 0.25) is 0 Å². The van der Waals surface area contributed by atoms with Crippen molar-refractivity contribution in [3.05, 3.63) is 30.3 Å². The second-order valence-electron chi connectivity index (χ2n) is 5.01. The third-order valence-corrected chi connectivity index (χ3v) is 6.15. The number of hydrogen-bond acceptors (Lipinski definition) is 4. The molecule has 1 aromatic carbocycles. The van der Waals surface area contributed by atoms with Gasteiger partial charge in [-0.3, -0.25) is 0 Å². The lowest BCUT2D eigenvalue weighted by Crippen LogP contribution is -2.42. The minimum Gasteiger partial charge on any atom is -0.229 e. The number of piperidine rings is 1. The lowest BCUT2D eigenvalue weighted by Gasteiger charge is -2.31. The normalized spacial score (nSPS) is 21.8. The number of primary sulfonamides is 1. The van der Waals surface area contributed by atoms with Gasteiger partial charge < -0.3 is 0 Å². The van der Waals surface area contributed by atoms with Gasteiger partial charge in [-0.15, -0.1) is 0 Å². The molecule has 6 nitrogen and oxygen atoms in total. The highest BCUT2D eigenvalue weighted by Gasteiger charge is 2.31. The first kappa shape index (κ1) is 15.4. The van der Waals surface area contributed by atoms with Crippen molar-refractivity contribution in [2.75, 3.05) is 18.8 Å². The van der Waals surface area contributed by atoms with Crippen molar-refractivity contribution >= 4 is 20.0 Å². The topological polar surface area (TPSA) is 97.5 Å². The summed E-state index contributed by atoms with van der Waals surface area (Å²) < 4.78 is 48.5. The Morgan fingerprint density at radius 3 is 2.40 bits per heavy atom. The molecule has 2 N–H and O–H groups in total. The maximum absolute atomic E-state index is 12.4. The zero-order chi connectivity index (χ0) is 14.8. The van der Waals surface area contributed by atoms with E-state index < -0.39 is 20.0 Å². The van der Waals surface area contributed by atoms with Crippen molar-refractivity contribution in [1.82, 2.24) is 4.31 Å². The molecule has 2 rings (SSSR count). The smallest absolute Gasteiger partial charge is 0.229 e. The Bertz CT molecular complexity index is 656. The second kappa shape index (κ2) is 5.80. The number of hydrogen-bond donors (Lipinski definition) is 1. The first-order chi connectivity index (χ1) is 9.29. The molecule has 0 saturated carbocycles. The zero-order valence-corrected chi connectivity index (χ0v) is 12.6. The van der Waals surface area contributed by atoms with Gasteiger partial charge in [-0.05, 0) is 30.9 Å². The molecule has 0 amide bonds. The second-order valence-corrected chi connectivity index (χ2v) is 8.61. The summed E-state index contributed by atoms with van der Waals surface area (Å²) in [4.78, 5) is 0.233. The highest BCUT2D eigenvalue weighted by molar-refractivity contribution is 7.89. The summed E-state index contributed by atoms with van der Waals surface area (Å²) in [6.07, 6.45) is 1.32. The highest BCUT2D eigenvalue weighted by Crippen LogP contribution is 2.24. The van der Waals surface area contributed by atoms with E-state index in [4.69, 9.17) is 5.14 Å².